The third-order valence-corrected chi connectivity index (χ3v) is 3.78. The van der Waals surface area contributed by atoms with Crippen LogP contribution < -0.4 is 4.90 Å². The molecule has 0 radical (unpaired) electrons. The number of oxime groups is 1. The molecule has 180 valence electrons. The number of ether oxygens (including phenoxy) is 3. The Bertz CT molecular complexity index is 830. The molecule has 0 saturated carbocycles. The minimum atomic E-state index is -0.965. The molecule has 32 heavy (non-hydrogen) atoms. The van der Waals surface area contributed by atoms with Crippen LogP contribution in [0.25, 0.3) is 0 Å². The number of amides is 2. The number of thiazole rings is 1. The van der Waals surface area contributed by atoms with Crippen LogP contribution in [-0.4, -0.2) is 52.3 Å². The van der Waals surface area contributed by atoms with Crippen LogP contribution in [0, 0.1) is 0 Å². The number of carbonyl (C=O) groups excluding carboxylic acids is 3. The lowest BCUT2D eigenvalue weighted by molar-refractivity contribution is -0.135. The van der Waals surface area contributed by atoms with Crippen molar-refractivity contribution in [3.63, 3.8) is 0 Å². The van der Waals surface area contributed by atoms with E-state index in [9.17, 15) is 14.4 Å². The Morgan fingerprint density at radius 1 is 0.938 bits per heavy atom. The summed E-state index contributed by atoms with van der Waals surface area (Å²) in [5, 5.41) is 5.30. The number of aromatic nitrogens is 1. The van der Waals surface area contributed by atoms with Gasteiger partial charge in [-0.25, -0.2) is 19.4 Å². The molecule has 11 heteroatoms. The Kier molecular flexibility index (Phi) is 8.79. The van der Waals surface area contributed by atoms with Gasteiger partial charge in [-0.3, -0.25) is 0 Å². The van der Waals surface area contributed by atoms with Crippen molar-refractivity contribution in [1.29, 1.82) is 0 Å². The first-order chi connectivity index (χ1) is 14.4. The van der Waals surface area contributed by atoms with E-state index in [4.69, 9.17) is 19.0 Å². The van der Waals surface area contributed by atoms with Crippen molar-refractivity contribution in [2.24, 2.45) is 5.16 Å². The van der Waals surface area contributed by atoms with Crippen LogP contribution >= 0.6 is 11.3 Å². The Morgan fingerprint density at radius 3 is 1.84 bits per heavy atom. The van der Waals surface area contributed by atoms with E-state index in [1.165, 1.54) is 5.38 Å². The fraction of sp³-hybridized carbons (Fsp3) is 0.667. The predicted octanol–water partition coefficient (Wildman–Crippen LogP) is 4.90. The highest BCUT2D eigenvalue weighted by Crippen LogP contribution is 2.26. The lowest BCUT2D eigenvalue weighted by atomic mass is 10.2. The summed E-state index contributed by atoms with van der Waals surface area (Å²) in [6, 6.07) is 0. The summed E-state index contributed by atoms with van der Waals surface area (Å²) in [5.74, 6) is -0.755. The van der Waals surface area contributed by atoms with Crippen molar-refractivity contribution >= 4 is 40.3 Å². The van der Waals surface area contributed by atoms with Gasteiger partial charge in [0, 0.05) is 5.38 Å². The fourth-order valence-corrected chi connectivity index (χ4v) is 2.68. The van der Waals surface area contributed by atoms with Crippen LogP contribution in [0.2, 0.25) is 0 Å². The van der Waals surface area contributed by atoms with Gasteiger partial charge < -0.3 is 19.0 Å². The Balaban J connectivity index is 3.41. The second-order valence-corrected chi connectivity index (χ2v) is 10.5. The van der Waals surface area contributed by atoms with Gasteiger partial charge in [-0.05, 0) is 69.2 Å². The van der Waals surface area contributed by atoms with Crippen molar-refractivity contribution in [2.75, 3.05) is 11.5 Å². The van der Waals surface area contributed by atoms with Crippen LogP contribution in [0.3, 0.4) is 0 Å². The first-order valence-electron chi connectivity index (χ1n) is 10.1. The van der Waals surface area contributed by atoms with Crippen LogP contribution in [0.4, 0.5) is 14.7 Å². The van der Waals surface area contributed by atoms with Crippen LogP contribution in [0.5, 0.6) is 0 Å². The molecule has 1 aromatic heterocycles. The summed E-state index contributed by atoms with van der Waals surface area (Å²) in [7, 11) is 0. The van der Waals surface area contributed by atoms with Crippen molar-refractivity contribution in [3.05, 3.63) is 11.1 Å². The maximum absolute atomic E-state index is 12.8. The molecule has 0 aliphatic carbocycles. The number of esters is 1. The molecule has 0 spiro atoms. The minimum Gasteiger partial charge on any atom is -0.461 e. The number of imide groups is 1. The number of rotatable bonds is 5. The average molecular weight is 472 g/mol. The quantitative estimate of drug-likeness (QED) is 0.258. The third kappa shape index (κ3) is 9.21. The second-order valence-electron chi connectivity index (χ2n) is 9.68. The summed E-state index contributed by atoms with van der Waals surface area (Å²) in [6.45, 7) is 17.1. The maximum atomic E-state index is 12.8. The summed E-state index contributed by atoms with van der Waals surface area (Å²) in [6.07, 6.45) is -1.93. The zero-order chi connectivity index (χ0) is 24.9. The minimum absolute atomic E-state index is 0.0590. The summed E-state index contributed by atoms with van der Waals surface area (Å²) >= 11 is 0.932. The number of carbonyl (C=O) groups is 3. The highest BCUT2D eigenvalue weighted by Gasteiger charge is 2.35. The van der Waals surface area contributed by atoms with Crippen molar-refractivity contribution in [1.82, 2.24) is 4.98 Å². The van der Waals surface area contributed by atoms with Gasteiger partial charge in [0.1, 0.15) is 22.5 Å². The summed E-state index contributed by atoms with van der Waals surface area (Å²) in [5.41, 5.74) is -2.52. The third-order valence-electron chi connectivity index (χ3n) is 2.96. The molecule has 1 heterocycles. The zero-order valence-electron chi connectivity index (χ0n) is 20.4. The Labute approximate surface area is 192 Å². The molecule has 0 unspecified atom stereocenters. The predicted molar refractivity (Wildman–Crippen MR) is 121 cm³/mol. The largest absolute Gasteiger partial charge is 0.461 e. The smallest absolute Gasteiger partial charge is 0.426 e. The molecule has 2 amide bonds. The molecule has 0 aromatic carbocycles. The number of hydrogen-bond acceptors (Lipinski definition) is 10. The monoisotopic (exact) mass is 471 g/mol. The van der Waals surface area contributed by atoms with Gasteiger partial charge in [-0.15, -0.1) is 11.3 Å². The molecule has 0 bridgehead atoms. The summed E-state index contributed by atoms with van der Waals surface area (Å²) in [4.78, 5) is 48.3. The van der Waals surface area contributed by atoms with E-state index in [2.05, 4.69) is 10.1 Å². The van der Waals surface area contributed by atoms with Gasteiger partial charge in [0.2, 0.25) is 10.8 Å². The SMILES string of the molecule is CCOC(=O)/C(=N/OC(C)(C)C)c1csc(N(C(=O)OC(C)(C)C)C(=O)OC(C)(C)C)n1. The van der Waals surface area contributed by atoms with Gasteiger partial charge in [0.05, 0.1) is 6.61 Å². The molecule has 0 N–H and O–H groups in total. The van der Waals surface area contributed by atoms with Crippen molar-refractivity contribution in [3.8, 4) is 0 Å². The lowest BCUT2D eigenvalue weighted by Crippen LogP contribution is -2.43. The van der Waals surface area contributed by atoms with E-state index in [0.717, 1.165) is 11.3 Å². The van der Waals surface area contributed by atoms with Gasteiger partial charge in [-0.2, -0.15) is 4.90 Å². The summed E-state index contributed by atoms with van der Waals surface area (Å²) < 4.78 is 15.7. The topological polar surface area (TPSA) is 117 Å². The van der Waals surface area contributed by atoms with Gasteiger partial charge >= 0.3 is 18.2 Å². The van der Waals surface area contributed by atoms with Gasteiger partial charge in [-0.1, -0.05) is 5.16 Å². The highest BCUT2D eigenvalue weighted by molar-refractivity contribution is 7.14. The van der Waals surface area contributed by atoms with E-state index in [0.29, 0.717) is 4.90 Å². The van der Waals surface area contributed by atoms with Crippen LogP contribution in [0.15, 0.2) is 10.5 Å². The molecule has 0 atom stereocenters. The van der Waals surface area contributed by atoms with Gasteiger partial charge in [0.25, 0.3) is 0 Å². The molecule has 0 aliphatic rings. The normalized spacial score (nSPS) is 12.8. The number of hydrogen-bond donors (Lipinski definition) is 0. The molecular formula is C21H33N3O7S. The molecule has 1 rings (SSSR count). The Morgan fingerprint density at radius 2 is 1.44 bits per heavy atom. The van der Waals surface area contributed by atoms with Crippen molar-refractivity contribution < 1.29 is 33.4 Å². The van der Waals surface area contributed by atoms with Crippen LogP contribution in [-0.2, 0) is 23.8 Å². The first-order valence-corrected chi connectivity index (χ1v) is 11.0. The molecular weight excluding hydrogens is 438 g/mol. The molecule has 1 aromatic rings. The fourth-order valence-electron chi connectivity index (χ4n) is 1.89. The van der Waals surface area contributed by atoms with E-state index >= 15 is 0 Å². The van der Waals surface area contributed by atoms with E-state index in [-0.39, 0.29) is 23.1 Å². The van der Waals surface area contributed by atoms with E-state index in [1.54, 1.807) is 69.2 Å². The number of anilines is 1. The highest BCUT2D eigenvalue weighted by atomic mass is 32.1. The van der Waals surface area contributed by atoms with Crippen LogP contribution in [0.1, 0.15) is 74.9 Å². The zero-order valence-corrected chi connectivity index (χ0v) is 21.2. The average Bonchev–Trinajstić information content (AvgIpc) is 2.99. The molecule has 0 saturated heterocycles. The molecule has 0 aliphatic heterocycles. The second kappa shape index (κ2) is 10.3. The Hall–Kier alpha value is -2.69. The van der Waals surface area contributed by atoms with Crippen molar-refractivity contribution in [2.45, 2.75) is 86.0 Å². The van der Waals surface area contributed by atoms with E-state index < -0.39 is 35.0 Å². The number of nitrogens with zero attached hydrogens (tertiary/aromatic N) is 3. The van der Waals surface area contributed by atoms with E-state index in [1.807, 2.05) is 0 Å². The standard InChI is InChI=1S/C21H33N3O7S/c1-11-28-15(25)14(23-31-21(8,9)10)13-12-32-16(22-13)24(17(26)29-19(2,3)4)18(27)30-20(5,6)7/h12H,11H2,1-10H3/b23-14+. The first kappa shape index (κ1) is 27.3. The van der Waals surface area contributed by atoms with Gasteiger partial charge in [0.15, 0.2) is 0 Å². The maximum Gasteiger partial charge on any atom is 0.426 e. The lowest BCUT2D eigenvalue weighted by Gasteiger charge is -2.27. The molecule has 0 fully saturated rings. The molecule has 10 nitrogen and oxygen atoms in total.